The van der Waals surface area contributed by atoms with Crippen molar-refractivity contribution in [3.63, 3.8) is 0 Å². The van der Waals surface area contributed by atoms with Gasteiger partial charge in [-0.2, -0.15) is 0 Å². The molecule has 0 aliphatic heterocycles. The van der Waals surface area contributed by atoms with E-state index in [9.17, 15) is 4.79 Å². The van der Waals surface area contributed by atoms with E-state index in [2.05, 4.69) is 20.5 Å². The standard InChI is InChI=1S/C24H22ClN5O2S/c1-16-3-6-19(7-4-16)30-23(17-9-12-26-13-10-17)28-29-24(30)33-14-11-22(31)27-20-15-18(25)5-8-21(20)32-2/h3-10,12-13,15H,11,14H2,1-2H3,(H,27,31). The molecule has 0 saturated carbocycles. The highest BCUT2D eigenvalue weighted by molar-refractivity contribution is 7.99. The first kappa shape index (κ1) is 22.8. The highest BCUT2D eigenvalue weighted by atomic mass is 35.5. The molecule has 0 saturated heterocycles. The fraction of sp³-hybridized carbons (Fsp3) is 0.167. The number of ether oxygens (including phenoxy) is 1. The van der Waals surface area contributed by atoms with Gasteiger partial charge in [-0.25, -0.2) is 0 Å². The molecule has 7 nitrogen and oxygen atoms in total. The van der Waals surface area contributed by atoms with Crippen molar-refractivity contribution >= 4 is 35.0 Å². The van der Waals surface area contributed by atoms with E-state index in [4.69, 9.17) is 16.3 Å². The first-order valence-electron chi connectivity index (χ1n) is 10.2. The number of hydrogen-bond donors (Lipinski definition) is 1. The number of carbonyl (C=O) groups excluding carboxylic acids is 1. The molecule has 168 valence electrons. The van der Waals surface area contributed by atoms with Crippen molar-refractivity contribution in [2.75, 3.05) is 18.2 Å². The van der Waals surface area contributed by atoms with E-state index < -0.39 is 0 Å². The quantitative estimate of drug-likeness (QED) is 0.340. The maximum Gasteiger partial charge on any atom is 0.225 e. The van der Waals surface area contributed by atoms with Crippen LogP contribution in [-0.4, -0.2) is 38.5 Å². The Kier molecular flexibility index (Phi) is 7.26. The fourth-order valence-corrected chi connectivity index (χ4v) is 4.27. The lowest BCUT2D eigenvalue weighted by molar-refractivity contribution is -0.115. The van der Waals surface area contributed by atoms with E-state index in [0.29, 0.717) is 27.4 Å². The number of aromatic nitrogens is 4. The Morgan fingerprint density at radius 2 is 1.85 bits per heavy atom. The molecule has 1 N–H and O–H groups in total. The molecule has 33 heavy (non-hydrogen) atoms. The minimum atomic E-state index is -0.140. The van der Waals surface area contributed by atoms with Gasteiger partial charge in [-0.1, -0.05) is 41.1 Å². The van der Waals surface area contributed by atoms with Crippen molar-refractivity contribution in [3.05, 3.63) is 77.6 Å². The Morgan fingerprint density at radius 3 is 2.58 bits per heavy atom. The molecule has 9 heteroatoms. The Labute approximate surface area is 201 Å². The maximum atomic E-state index is 12.5. The van der Waals surface area contributed by atoms with Crippen LogP contribution in [0.25, 0.3) is 17.1 Å². The molecule has 2 heterocycles. The predicted molar refractivity (Wildman–Crippen MR) is 131 cm³/mol. The second kappa shape index (κ2) is 10.5. The minimum absolute atomic E-state index is 0.140. The second-order valence-corrected chi connectivity index (χ2v) is 8.70. The van der Waals surface area contributed by atoms with Gasteiger partial charge in [-0.05, 0) is 49.4 Å². The summed E-state index contributed by atoms with van der Waals surface area (Å²) < 4.78 is 7.29. The van der Waals surface area contributed by atoms with Crippen LogP contribution in [0.1, 0.15) is 12.0 Å². The van der Waals surface area contributed by atoms with Crippen molar-refractivity contribution in [2.24, 2.45) is 0 Å². The van der Waals surface area contributed by atoms with E-state index in [0.717, 1.165) is 17.1 Å². The number of thioether (sulfide) groups is 1. The van der Waals surface area contributed by atoms with Crippen LogP contribution >= 0.6 is 23.4 Å². The molecular weight excluding hydrogens is 458 g/mol. The molecule has 4 rings (SSSR count). The van der Waals surface area contributed by atoms with Gasteiger partial charge >= 0.3 is 0 Å². The molecule has 2 aromatic heterocycles. The summed E-state index contributed by atoms with van der Waals surface area (Å²) in [5.41, 5.74) is 3.58. The molecule has 0 aliphatic rings. The van der Waals surface area contributed by atoms with Gasteiger partial charge in [0.05, 0.1) is 12.8 Å². The average Bonchev–Trinajstić information content (AvgIpc) is 3.24. The summed E-state index contributed by atoms with van der Waals surface area (Å²) in [4.78, 5) is 16.6. The fourth-order valence-electron chi connectivity index (χ4n) is 3.20. The number of nitrogens with one attached hydrogen (secondary N) is 1. The molecule has 0 unspecified atom stereocenters. The number of hydrogen-bond acceptors (Lipinski definition) is 6. The van der Waals surface area contributed by atoms with E-state index >= 15 is 0 Å². The molecule has 0 radical (unpaired) electrons. The van der Waals surface area contributed by atoms with Gasteiger partial charge in [0.25, 0.3) is 0 Å². The maximum absolute atomic E-state index is 12.5. The van der Waals surface area contributed by atoms with Gasteiger partial charge in [0, 0.05) is 40.8 Å². The monoisotopic (exact) mass is 479 g/mol. The molecule has 2 aromatic carbocycles. The number of rotatable bonds is 8. The van der Waals surface area contributed by atoms with Gasteiger partial charge < -0.3 is 10.1 Å². The number of nitrogens with zero attached hydrogens (tertiary/aromatic N) is 4. The highest BCUT2D eigenvalue weighted by Gasteiger charge is 2.17. The van der Waals surface area contributed by atoms with Crippen molar-refractivity contribution in [1.82, 2.24) is 19.7 Å². The lowest BCUT2D eigenvalue weighted by Gasteiger charge is -2.12. The topological polar surface area (TPSA) is 81.9 Å². The van der Waals surface area contributed by atoms with Crippen LogP contribution in [0.2, 0.25) is 5.02 Å². The third kappa shape index (κ3) is 5.53. The van der Waals surface area contributed by atoms with Crippen molar-refractivity contribution < 1.29 is 9.53 Å². The van der Waals surface area contributed by atoms with Gasteiger partial charge in [0.2, 0.25) is 5.91 Å². The van der Waals surface area contributed by atoms with Crippen LogP contribution in [0.5, 0.6) is 5.75 Å². The SMILES string of the molecule is COc1ccc(Cl)cc1NC(=O)CCSc1nnc(-c2ccncc2)n1-c1ccc(C)cc1. The molecule has 0 spiro atoms. The van der Waals surface area contributed by atoms with E-state index in [1.807, 2.05) is 47.9 Å². The zero-order valence-corrected chi connectivity index (χ0v) is 19.7. The van der Waals surface area contributed by atoms with Crippen LogP contribution in [0, 0.1) is 6.92 Å². The average molecular weight is 480 g/mol. The van der Waals surface area contributed by atoms with Crippen LogP contribution < -0.4 is 10.1 Å². The van der Waals surface area contributed by atoms with E-state index in [1.165, 1.54) is 17.3 Å². The van der Waals surface area contributed by atoms with Crippen LogP contribution in [0.3, 0.4) is 0 Å². The summed E-state index contributed by atoms with van der Waals surface area (Å²) in [6.07, 6.45) is 3.74. The van der Waals surface area contributed by atoms with Crippen LogP contribution in [0.4, 0.5) is 5.69 Å². The zero-order valence-electron chi connectivity index (χ0n) is 18.2. The van der Waals surface area contributed by atoms with Crippen LogP contribution in [-0.2, 0) is 4.79 Å². The summed E-state index contributed by atoms with van der Waals surface area (Å²) in [7, 11) is 1.55. The largest absolute Gasteiger partial charge is 0.495 e. The van der Waals surface area contributed by atoms with Gasteiger partial charge in [0.15, 0.2) is 11.0 Å². The van der Waals surface area contributed by atoms with Crippen molar-refractivity contribution in [3.8, 4) is 22.8 Å². The Bertz CT molecular complexity index is 1250. The summed E-state index contributed by atoms with van der Waals surface area (Å²) in [5, 5.41) is 12.9. The Morgan fingerprint density at radius 1 is 1.09 bits per heavy atom. The number of amides is 1. The molecule has 4 aromatic rings. The van der Waals surface area contributed by atoms with Crippen molar-refractivity contribution in [2.45, 2.75) is 18.5 Å². The number of aryl methyl sites for hydroxylation is 1. The lowest BCUT2D eigenvalue weighted by Crippen LogP contribution is -2.13. The molecule has 0 fully saturated rings. The number of pyridine rings is 1. The number of carbonyl (C=O) groups is 1. The molecular formula is C24H22ClN5O2S. The molecule has 0 aliphatic carbocycles. The molecule has 1 amide bonds. The third-order valence-electron chi connectivity index (χ3n) is 4.86. The normalized spacial score (nSPS) is 10.8. The molecule has 0 atom stereocenters. The number of anilines is 1. The van der Waals surface area contributed by atoms with E-state index in [1.54, 1.807) is 37.7 Å². The summed E-state index contributed by atoms with van der Waals surface area (Å²) in [6, 6.07) is 17.1. The summed E-state index contributed by atoms with van der Waals surface area (Å²) >= 11 is 7.52. The summed E-state index contributed by atoms with van der Waals surface area (Å²) in [5.74, 6) is 1.66. The molecule has 0 bridgehead atoms. The van der Waals surface area contributed by atoms with Gasteiger partial charge in [0.1, 0.15) is 5.75 Å². The van der Waals surface area contributed by atoms with Crippen molar-refractivity contribution in [1.29, 1.82) is 0 Å². The smallest absolute Gasteiger partial charge is 0.225 e. The lowest BCUT2D eigenvalue weighted by atomic mass is 10.2. The number of methoxy groups -OCH3 is 1. The van der Waals surface area contributed by atoms with E-state index in [-0.39, 0.29) is 12.3 Å². The highest BCUT2D eigenvalue weighted by Crippen LogP contribution is 2.30. The third-order valence-corrected chi connectivity index (χ3v) is 6.03. The zero-order chi connectivity index (χ0) is 23.2. The van der Waals surface area contributed by atoms with Crippen LogP contribution in [0.15, 0.2) is 72.1 Å². The Hall–Kier alpha value is -3.36. The minimum Gasteiger partial charge on any atom is -0.495 e. The second-order valence-electron chi connectivity index (χ2n) is 7.20. The first-order valence-corrected chi connectivity index (χ1v) is 11.6. The number of halogens is 1. The van der Waals surface area contributed by atoms with Gasteiger partial charge in [-0.15, -0.1) is 10.2 Å². The number of benzene rings is 2. The predicted octanol–water partition coefficient (Wildman–Crippen LogP) is 5.42. The Balaban J connectivity index is 1.50. The van der Waals surface area contributed by atoms with Gasteiger partial charge in [-0.3, -0.25) is 14.3 Å². The summed E-state index contributed by atoms with van der Waals surface area (Å²) in [6.45, 7) is 2.04. The first-order chi connectivity index (χ1) is 16.0.